The first-order valence-electron chi connectivity index (χ1n) is 10.2. The van der Waals surface area contributed by atoms with Crippen LogP contribution in [0, 0.1) is 0 Å². The molecule has 5 nitrogen and oxygen atoms in total. The first kappa shape index (κ1) is 20.8. The van der Waals surface area contributed by atoms with E-state index in [1.54, 1.807) is 60.9 Å². The highest BCUT2D eigenvalue weighted by molar-refractivity contribution is 9.10. The molecule has 33 heavy (non-hydrogen) atoms. The summed E-state index contributed by atoms with van der Waals surface area (Å²) in [5.74, 6) is 0.0886. The number of carbonyl (C=O) groups is 1. The van der Waals surface area contributed by atoms with E-state index in [0.717, 1.165) is 15.6 Å². The molecule has 0 bridgehead atoms. The zero-order valence-electron chi connectivity index (χ0n) is 17.2. The van der Waals surface area contributed by atoms with Crippen LogP contribution in [0.4, 0.5) is 0 Å². The summed E-state index contributed by atoms with van der Waals surface area (Å²) in [6, 6.07) is 21.0. The molecular formula is C27H17BrN2O3. The van der Waals surface area contributed by atoms with Crippen molar-refractivity contribution in [2.45, 2.75) is 0 Å². The molecule has 1 aromatic heterocycles. The predicted molar refractivity (Wildman–Crippen MR) is 131 cm³/mol. The standard InChI is InChI=1S/C27H17BrN2O3/c28-20-3-1-2-18(12-20)23-24(19-13-29-15-30-14-19)26(17-6-10-22(32)11-7-17)27(33)25(23)16-4-8-21(31)9-5-16/h1-15,31-32H. The Bertz CT molecular complexity index is 1420. The Morgan fingerprint density at radius 2 is 1.12 bits per heavy atom. The summed E-state index contributed by atoms with van der Waals surface area (Å²) in [5.41, 5.74) is 5.43. The van der Waals surface area contributed by atoms with Gasteiger partial charge in [-0.15, -0.1) is 0 Å². The molecule has 0 fully saturated rings. The number of aromatic nitrogens is 2. The van der Waals surface area contributed by atoms with Crippen LogP contribution in [0.5, 0.6) is 11.5 Å². The first-order valence-corrected chi connectivity index (χ1v) is 11.0. The Morgan fingerprint density at radius 3 is 1.64 bits per heavy atom. The number of benzene rings is 3. The van der Waals surface area contributed by atoms with Crippen molar-refractivity contribution in [3.8, 4) is 11.5 Å². The average Bonchev–Trinajstić information content (AvgIpc) is 3.13. The summed E-state index contributed by atoms with van der Waals surface area (Å²) in [6.45, 7) is 0. The van der Waals surface area contributed by atoms with Crippen LogP contribution in [0.3, 0.4) is 0 Å². The third kappa shape index (κ3) is 3.85. The fraction of sp³-hybridized carbons (Fsp3) is 0. The molecule has 1 aliphatic carbocycles. The lowest BCUT2D eigenvalue weighted by molar-refractivity contribution is -0.108. The summed E-state index contributed by atoms with van der Waals surface area (Å²) in [6.07, 6.45) is 4.83. The molecule has 160 valence electrons. The highest BCUT2D eigenvalue weighted by Crippen LogP contribution is 2.49. The molecule has 1 aliphatic rings. The topological polar surface area (TPSA) is 83.3 Å². The lowest BCUT2D eigenvalue weighted by Gasteiger charge is -2.13. The van der Waals surface area contributed by atoms with Gasteiger partial charge in [0.15, 0.2) is 5.78 Å². The molecule has 0 spiro atoms. The number of phenols is 2. The molecule has 3 aromatic carbocycles. The molecule has 0 atom stereocenters. The van der Waals surface area contributed by atoms with E-state index >= 15 is 0 Å². The number of phenolic OH excluding ortho intramolecular Hbond substituents is 2. The largest absolute Gasteiger partial charge is 0.508 e. The van der Waals surface area contributed by atoms with Crippen LogP contribution in [0.15, 0.2) is 96.0 Å². The number of aromatic hydroxyl groups is 2. The monoisotopic (exact) mass is 496 g/mol. The number of carbonyl (C=O) groups excluding carboxylic acids is 1. The molecule has 0 radical (unpaired) electrons. The molecule has 2 N–H and O–H groups in total. The van der Waals surface area contributed by atoms with E-state index in [4.69, 9.17) is 0 Å². The Kier molecular flexibility index (Phi) is 5.36. The summed E-state index contributed by atoms with van der Waals surface area (Å²) in [5, 5.41) is 19.6. The Balaban J connectivity index is 1.87. The van der Waals surface area contributed by atoms with Crippen LogP contribution < -0.4 is 0 Å². The minimum Gasteiger partial charge on any atom is -0.508 e. The second-order valence-corrected chi connectivity index (χ2v) is 8.48. The molecule has 0 saturated heterocycles. The molecule has 6 heteroatoms. The van der Waals surface area contributed by atoms with Crippen molar-refractivity contribution in [1.29, 1.82) is 0 Å². The van der Waals surface area contributed by atoms with Gasteiger partial charge in [-0.1, -0.05) is 52.3 Å². The number of hydrogen-bond donors (Lipinski definition) is 2. The van der Waals surface area contributed by atoms with Crippen LogP contribution in [0.2, 0.25) is 0 Å². The van der Waals surface area contributed by atoms with Crippen molar-refractivity contribution in [2.75, 3.05) is 0 Å². The Morgan fingerprint density at radius 1 is 0.606 bits per heavy atom. The minimum atomic E-state index is -0.153. The van der Waals surface area contributed by atoms with Crippen LogP contribution in [-0.2, 0) is 4.79 Å². The van der Waals surface area contributed by atoms with E-state index in [9.17, 15) is 15.0 Å². The highest BCUT2D eigenvalue weighted by atomic mass is 79.9. The van der Waals surface area contributed by atoms with Gasteiger partial charge in [-0.25, -0.2) is 9.97 Å². The van der Waals surface area contributed by atoms with Crippen molar-refractivity contribution >= 4 is 44.0 Å². The number of halogens is 1. The van der Waals surface area contributed by atoms with Crippen LogP contribution >= 0.6 is 15.9 Å². The molecule has 0 saturated carbocycles. The fourth-order valence-electron chi connectivity index (χ4n) is 4.06. The average molecular weight is 497 g/mol. The van der Waals surface area contributed by atoms with Gasteiger partial charge in [-0.2, -0.15) is 0 Å². The number of allylic oxidation sites excluding steroid dienone is 4. The summed E-state index contributed by atoms with van der Waals surface area (Å²) in [7, 11) is 0. The molecule has 1 heterocycles. The van der Waals surface area contributed by atoms with Crippen molar-refractivity contribution in [1.82, 2.24) is 9.97 Å². The molecule has 0 unspecified atom stereocenters. The lowest BCUT2D eigenvalue weighted by Crippen LogP contribution is -2.02. The van der Waals surface area contributed by atoms with Crippen molar-refractivity contribution in [2.24, 2.45) is 0 Å². The van der Waals surface area contributed by atoms with Gasteiger partial charge in [-0.05, 0) is 53.1 Å². The number of rotatable bonds is 4. The molecule has 5 rings (SSSR count). The number of nitrogens with zero attached hydrogens (tertiary/aromatic N) is 2. The Labute approximate surface area is 198 Å². The predicted octanol–water partition coefficient (Wildman–Crippen LogP) is 5.75. The smallest absolute Gasteiger partial charge is 0.195 e. The van der Waals surface area contributed by atoms with Gasteiger partial charge in [0, 0.05) is 44.7 Å². The van der Waals surface area contributed by atoms with Crippen molar-refractivity contribution in [3.63, 3.8) is 0 Å². The van der Waals surface area contributed by atoms with Gasteiger partial charge in [0.2, 0.25) is 0 Å². The maximum atomic E-state index is 14.0. The van der Waals surface area contributed by atoms with Gasteiger partial charge in [0.1, 0.15) is 17.8 Å². The molecule has 0 aliphatic heterocycles. The summed E-state index contributed by atoms with van der Waals surface area (Å²) < 4.78 is 0.881. The van der Waals surface area contributed by atoms with Gasteiger partial charge >= 0.3 is 0 Å². The third-order valence-electron chi connectivity index (χ3n) is 5.48. The van der Waals surface area contributed by atoms with E-state index in [0.29, 0.717) is 33.4 Å². The van der Waals surface area contributed by atoms with Gasteiger partial charge in [-0.3, -0.25) is 4.79 Å². The minimum absolute atomic E-state index is 0.119. The quantitative estimate of drug-likeness (QED) is 0.375. The lowest BCUT2D eigenvalue weighted by atomic mass is 9.90. The number of ketones is 1. The van der Waals surface area contributed by atoms with Crippen LogP contribution in [-0.4, -0.2) is 26.0 Å². The maximum Gasteiger partial charge on any atom is 0.195 e. The third-order valence-corrected chi connectivity index (χ3v) is 5.97. The van der Waals surface area contributed by atoms with Crippen LogP contribution in [0.25, 0.3) is 22.3 Å². The normalized spacial score (nSPS) is 13.7. The zero-order valence-corrected chi connectivity index (χ0v) is 18.8. The van der Waals surface area contributed by atoms with Crippen LogP contribution in [0.1, 0.15) is 22.3 Å². The van der Waals surface area contributed by atoms with E-state index in [-0.39, 0.29) is 17.3 Å². The van der Waals surface area contributed by atoms with Gasteiger partial charge in [0.05, 0.1) is 0 Å². The maximum absolute atomic E-state index is 14.0. The SMILES string of the molecule is O=C1C(c2ccc(O)cc2)=C(c2cncnc2)C(c2cccc(Br)c2)=C1c1ccc(O)cc1. The fourth-order valence-corrected chi connectivity index (χ4v) is 4.46. The summed E-state index contributed by atoms with van der Waals surface area (Å²) in [4.78, 5) is 22.4. The second kappa shape index (κ2) is 8.48. The molecular weight excluding hydrogens is 480 g/mol. The second-order valence-electron chi connectivity index (χ2n) is 7.56. The number of hydrogen-bond acceptors (Lipinski definition) is 5. The summed E-state index contributed by atoms with van der Waals surface area (Å²) >= 11 is 3.55. The van der Waals surface area contributed by atoms with E-state index < -0.39 is 0 Å². The zero-order chi connectivity index (χ0) is 22.9. The van der Waals surface area contributed by atoms with E-state index in [1.165, 1.54) is 6.33 Å². The Hall–Kier alpha value is -4.03. The van der Waals surface area contributed by atoms with Crippen molar-refractivity contribution < 1.29 is 15.0 Å². The van der Waals surface area contributed by atoms with E-state index in [1.807, 2.05) is 24.3 Å². The first-order chi connectivity index (χ1) is 16.0. The number of Topliss-reactive ketones (excluding diaryl/α,β-unsaturated/α-hetero) is 1. The van der Waals surface area contributed by atoms with E-state index in [2.05, 4.69) is 25.9 Å². The highest BCUT2D eigenvalue weighted by Gasteiger charge is 2.35. The molecule has 4 aromatic rings. The van der Waals surface area contributed by atoms with Gasteiger partial charge in [0.25, 0.3) is 0 Å². The molecule has 0 amide bonds. The van der Waals surface area contributed by atoms with Gasteiger partial charge < -0.3 is 10.2 Å². The van der Waals surface area contributed by atoms with Crippen molar-refractivity contribution in [3.05, 3.63) is 118 Å².